The Morgan fingerprint density at radius 1 is 1.17 bits per heavy atom. The molecule has 108 valence electrons. The number of rotatable bonds is 9. The second-order valence-corrected chi connectivity index (χ2v) is 3.42. The molecule has 0 aromatic carbocycles. The number of carbonyl (C=O) groups is 1. The van der Waals surface area contributed by atoms with Crippen molar-refractivity contribution in [2.45, 2.75) is 25.6 Å². The summed E-state index contributed by atoms with van der Waals surface area (Å²) in [5.41, 5.74) is 0. The molecule has 0 aliphatic heterocycles. The largest absolute Gasteiger partial charge is 0.831 e. The minimum atomic E-state index is -1.66. The van der Waals surface area contributed by atoms with E-state index in [0.717, 1.165) is 0 Å². The fourth-order valence-corrected chi connectivity index (χ4v) is 1.59. The Balaban J connectivity index is 5.09. The molecule has 0 amide bonds. The molecule has 0 bridgehead atoms. The third-order valence-corrected chi connectivity index (χ3v) is 2.54. The van der Waals surface area contributed by atoms with Gasteiger partial charge in [0.25, 0.3) is 5.97 Å². The van der Waals surface area contributed by atoms with Crippen molar-refractivity contribution >= 4 is 5.97 Å². The van der Waals surface area contributed by atoms with Crippen molar-refractivity contribution in [3.63, 3.8) is 0 Å². The van der Waals surface area contributed by atoms with Crippen molar-refractivity contribution in [3.8, 4) is 0 Å². The van der Waals surface area contributed by atoms with Gasteiger partial charge in [0, 0.05) is 28.4 Å². The quantitative estimate of drug-likeness (QED) is 0.409. The number of hydrogen-bond donors (Lipinski definition) is 0. The standard InChI is InChI=1S/C11H21O7/c1-6-18-10(13)8(7-9(12)14-2)11(15-3,16-4)17-5/h8-9H,6-7H2,1-5H3/q-1. The number of carbonyl (C=O) groups excluding carboxylic acids is 1. The Morgan fingerprint density at radius 2 is 1.67 bits per heavy atom. The lowest BCUT2D eigenvalue weighted by molar-refractivity contribution is -0.496. The molecule has 0 heterocycles. The highest BCUT2D eigenvalue weighted by Gasteiger charge is 2.46. The summed E-state index contributed by atoms with van der Waals surface area (Å²) >= 11 is 0. The summed E-state index contributed by atoms with van der Waals surface area (Å²) in [5, 5.41) is 11.4. The molecule has 18 heavy (non-hydrogen) atoms. The summed E-state index contributed by atoms with van der Waals surface area (Å²) in [6, 6.07) is 0. The molecule has 7 heteroatoms. The molecular weight excluding hydrogens is 244 g/mol. The van der Waals surface area contributed by atoms with Crippen LogP contribution in [0.15, 0.2) is 0 Å². The molecule has 0 rings (SSSR count). The van der Waals surface area contributed by atoms with E-state index in [1.165, 1.54) is 28.4 Å². The van der Waals surface area contributed by atoms with Crippen LogP contribution in [0, 0.1) is 5.92 Å². The van der Waals surface area contributed by atoms with Crippen molar-refractivity contribution in [2.75, 3.05) is 35.0 Å². The zero-order valence-corrected chi connectivity index (χ0v) is 11.4. The third kappa shape index (κ3) is 4.18. The molecule has 0 radical (unpaired) electrons. The first-order valence-corrected chi connectivity index (χ1v) is 5.51. The van der Waals surface area contributed by atoms with Crippen LogP contribution in [0.3, 0.4) is 0 Å². The summed E-state index contributed by atoms with van der Waals surface area (Å²) in [7, 11) is 5.19. The maximum absolute atomic E-state index is 11.9. The van der Waals surface area contributed by atoms with Gasteiger partial charge in [0.15, 0.2) is 0 Å². The van der Waals surface area contributed by atoms with Crippen LogP contribution in [0.2, 0.25) is 0 Å². The Morgan fingerprint density at radius 3 is 2.00 bits per heavy atom. The zero-order valence-electron chi connectivity index (χ0n) is 11.4. The molecule has 2 atom stereocenters. The first-order valence-electron chi connectivity index (χ1n) is 5.51. The van der Waals surface area contributed by atoms with E-state index in [4.69, 9.17) is 18.9 Å². The summed E-state index contributed by atoms with van der Waals surface area (Å²) in [5.74, 6) is -3.34. The SMILES string of the molecule is CCOC(=O)C(CC([O-])OC)C(OC)(OC)OC. The number of esters is 1. The molecule has 0 fully saturated rings. The summed E-state index contributed by atoms with van der Waals surface area (Å²) in [6.07, 6.45) is -1.59. The average Bonchev–Trinajstić information content (AvgIpc) is 2.39. The number of methoxy groups -OCH3 is 4. The molecule has 0 N–H and O–H groups in total. The topological polar surface area (TPSA) is 86.3 Å². The van der Waals surface area contributed by atoms with Crippen molar-refractivity contribution in [1.29, 1.82) is 0 Å². The van der Waals surface area contributed by atoms with E-state index >= 15 is 0 Å². The van der Waals surface area contributed by atoms with Crippen molar-refractivity contribution in [3.05, 3.63) is 0 Å². The van der Waals surface area contributed by atoms with Gasteiger partial charge in [-0.25, -0.2) is 0 Å². The van der Waals surface area contributed by atoms with Crippen LogP contribution in [0.1, 0.15) is 13.3 Å². The molecule has 0 saturated carbocycles. The minimum Gasteiger partial charge on any atom is -0.831 e. The van der Waals surface area contributed by atoms with Crippen molar-refractivity contribution in [2.24, 2.45) is 5.92 Å². The fraction of sp³-hybridized carbons (Fsp3) is 0.909. The molecule has 2 unspecified atom stereocenters. The molecule has 0 aromatic rings. The van der Waals surface area contributed by atoms with Crippen molar-refractivity contribution in [1.82, 2.24) is 0 Å². The zero-order chi connectivity index (χ0) is 14.2. The van der Waals surface area contributed by atoms with Crippen LogP contribution in [-0.4, -0.2) is 53.3 Å². The fourth-order valence-electron chi connectivity index (χ4n) is 1.59. The molecule has 0 aliphatic carbocycles. The van der Waals surface area contributed by atoms with Crippen LogP contribution in [0.5, 0.6) is 0 Å². The monoisotopic (exact) mass is 265 g/mol. The predicted octanol–water partition coefficient (Wildman–Crippen LogP) is -0.518. The molecular formula is C11H21O7-. The second-order valence-electron chi connectivity index (χ2n) is 3.42. The molecule has 0 saturated heterocycles. The van der Waals surface area contributed by atoms with Gasteiger partial charge in [-0.05, 0) is 19.6 Å². The van der Waals surface area contributed by atoms with Gasteiger partial charge >= 0.3 is 5.97 Å². The van der Waals surface area contributed by atoms with Gasteiger partial charge in [0.2, 0.25) is 0 Å². The van der Waals surface area contributed by atoms with Gasteiger partial charge in [0.05, 0.1) is 6.61 Å². The van der Waals surface area contributed by atoms with Crippen LogP contribution in [0.25, 0.3) is 0 Å². The molecule has 0 aromatic heterocycles. The van der Waals surface area contributed by atoms with E-state index < -0.39 is 24.2 Å². The van der Waals surface area contributed by atoms with Gasteiger partial charge in [-0.1, -0.05) is 0 Å². The highest BCUT2D eigenvalue weighted by atomic mass is 16.9. The van der Waals surface area contributed by atoms with Gasteiger partial charge in [-0.2, -0.15) is 0 Å². The smallest absolute Gasteiger partial charge is 0.317 e. The van der Waals surface area contributed by atoms with E-state index in [1.54, 1.807) is 6.92 Å². The first-order chi connectivity index (χ1) is 8.51. The Hall–Kier alpha value is -0.730. The van der Waals surface area contributed by atoms with E-state index in [2.05, 4.69) is 4.74 Å². The van der Waals surface area contributed by atoms with Crippen molar-refractivity contribution < 1.29 is 33.6 Å². The highest BCUT2D eigenvalue weighted by molar-refractivity contribution is 5.73. The van der Waals surface area contributed by atoms with Crippen LogP contribution in [0.4, 0.5) is 0 Å². The van der Waals surface area contributed by atoms with Gasteiger partial charge in [-0.15, -0.1) is 0 Å². The first kappa shape index (κ1) is 17.3. The second kappa shape index (κ2) is 8.39. The Labute approximate surface area is 107 Å². The predicted molar refractivity (Wildman–Crippen MR) is 59.3 cm³/mol. The normalized spacial score (nSPS) is 15.2. The maximum Gasteiger partial charge on any atom is 0.317 e. The Kier molecular flexibility index (Phi) is 8.05. The third-order valence-electron chi connectivity index (χ3n) is 2.54. The van der Waals surface area contributed by atoms with Crippen LogP contribution < -0.4 is 5.11 Å². The lowest BCUT2D eigenvalue weighted by Gasteiger charge is -2.37. The van der Waals surface area contributed by atoms with E-state index in [-0.39, 0.29) is 13.0 Å². The molecule has 0 spiro atoms. The summed E-state index contributed by atoms with van der Waals surface area (Å²) in [6.45, 7) is 1.84. The van der Waals surface area contributed by atoms with Gasteiger partial charge in [-0.3, -0.25) is 4.79 Å². The lowest BCUT2D eigenvalue weighted by Crippen LogP contribution is -2.50. The number of ether oxygens (including phenoxy) is 5. The summed E-state index contributed by atoms with van der Waals surface area (Å²) in [4.78, 5) is 11.9. The van der Waals surface area contributed by atoms with E-state index in [9.17, 15) is 9.90 Å². The lowest BCUT2D eigenvalue weighted by atomic mass is 10.0. The minimum absolute atomic E-state index is 0.180. The van der Waals surface area contributed by atoms with Crippen LogP contribution >= 0.6 is 0 Å². The van der Waals surface area contributed by atoms with E-state index in [0.29, 0.717) is 0 Å². The Bertz CT molecular complexity index is 231. The molecule has 0 aliphatic rings. The van der Waals surface area contributed by atoms with E-state index in [1.807, 2.05) is 0 Å². The number of hydrogen-bond acceptors (Lipinski definition) is 7. The van der Waals surface area contributed by atoms with Gasteiger partial charge in [0.1, 0.15) is 5.92 Å². The average molecular weight is 265 g/mol. The van der Waals surface area contributed by atoms with Gasteiger partial charge < -0.3 is 28.8 Å². The highest BCUT2D eigenvalue weighted by Crippen LogP contribution is 2.28. The molecule has 7 nitrogen and oxygen atoms in total. The van der Waals surface area contributed by atoms with Crippen LogP contribution in [-0.2, 0) is 28.5 Å². The summed E-state index contributed by atoms with van der Waals surface area (Å²) < 4.78 is 24.7. The maximum atomic E-state index is 11.9.